The molecule has 5 heteroatoms. The summed E-state index contributed by atoms with van der Waals surface area (Å²) in [5.74, 6) is -0.971. The average molecular weight is 344 g/mol. The van der Waals surface area contributed by atoms with E-state index in [1.165, 1.54) is 55.7 Å². The fraction of sp³-hybridized carbons (Fsp3) is 0.350. The number of carbonyl (C=O) groups is 1. The normalized spacial score (nSPS) is 15.1. The highest BCUT2D eigenvalue weighted by atomic mass is 19.1. The molecule has 0 unspecified atom stereocenters. The van der Waals surface area contributed by atoms with E-state index in [1.807, 2.05) is 0 Å². The Kier molecular flexibility index (Phi) is 5.76. The van der Waals surface area contributed by atoms with Gasteiger partial charge in [0.15, 0.2) is 0 Å². The number of likely N-dealkylation sites (tertiary alicyclic amines) is 1. The summed E-state index contributed by atoms with van der Waals surface area (Å²) < 4.78 is 27.0. The second-order valence-electron chi connectivity index (χ2n) is 6.42. The van der Waals surface area contributed by atoms with E-state index in [2.05, 4.69) is 10.2 Å². The van der Waals surface area contributed by atoms with Gasteiger partial charge in [0.05, 0.1) is 0 Å². The van der Waals surface area contributed by atoms with Gasteiger partial charge in [-0.3, -0.25) is 4.79 Å². The maximum atomic E-state index is 14.1. The lowest BCUT2D eigenvalue weighted by Gasteiger charge is -2.26. The molecule has 0 radical (unpaired) electrons. The van der Waals surface area contributed by atoms with Crippen molar-refractivity contribution in [3.63, 3.8) is 0 Å². The van der Waals surface area contributed by atoms with Crippen LogP contribution in [0.2, 0.25) is 0 Å². The van der Waals surface area contributed by atoms with Gasteiger partial charge in [0, 0.05) is 17.8 Å². The Morgan fingerprint density at radius 2 is 1.72 bits per heavy atom. The van der Waals surface area contributed by atoms with Gasteiger partial charge in [-0.25, -0.2) is 8.78 Å². The fourth-order valence-electron chi connectivity index (χ4n) is 3.11. The van der Waals surface area contributed by atoms with Crippen LogP contribution in [0.4, 0.5) is 14.5 Å². The molecule has 2 aromatic rings. The Morgan fingerprint density at radius 1 is 1.00 bits per heavy atom. The third-order valence-electron chi connectivity index (χ3n) is 4.56. The van der Waals surface area contributed by atoms with E-state index in [9.17, 15) is 13.6 Å². The standard InChI is InChI=1S/C20H22F2N2O/c21-17-5-7-18(8-6-17)23-20(25)16-4-9-19(22)15(14-16)10-13-24-11-2-1-3-12-24/h4-9,14H,1-3,10-13H2,(H,23,25). The first-order valence-corrected chi connectivity index (χ1v) is 8.69. The van der Waals surface area contributed by atoms with Crippen LogP contribution in [0, 0.1) is 11.6 Å². The number of piperidine rings is 1. The van der Waals surface area contributed by atoms with Gasteiger partial charge >= 0.3 is 0 Å². The quantitative estimate of drug-likeness (QED) is 0.880. The predicted molar refractivity (Wildman–Crippen MR) is 94.7 cm³/mol. The minimum absolute atomic E-state index is 0.282. The molecule has 3 rings (SSSR count). The molecule has 1 saturated heterocycles. The summed E-state index contributed by atoms with van der Waals surface area (Å²) in [6.07, 6.45) is 4.25. The molecular weight excluding hydrogens is 322 g/mol. The Labute approximate surface area is 146 Å². The lowest BCUT2D eigenvalue weighted by molar-refractivity contribution is 0.102. The van der Waals surface area contributed by atoms with Crippen LogP contribution in [0.25, 0.3) is 0 Å². The van der Waals surface area contributed by atoms with Crippen molar-refractivity contribution in [1.29, 1.82) is 0 Å². The first-order valence-electron chi connectivity index (χ1n) is 8.69. The molecule has 1 amide bonds. The van der Waals surface area contributed by atoms with Gasteiger partial charge in [0.25, 0.3) is 5.91 Å². The Hall–Kier alpha value is -2.27. The van der Waals surface area contributed by atoms with Crippen LogP contribution in [0.5, 0.6) is 0 Å². The molecule has 1 aliphatic heterocycles. The van der Waals surface area contributed by atoms with Gasteiger partial charge in [0.2, 0.25) is 0 Å². The van der Waals surface area contributed by atoms with Crippen LogP contribution in [0.15, 0.2) is 42.5 Å². The van der Waals surface area contributed by atoms with Crippen molar-refractivity contribution in [3.05, 3.63) is 65.2 Å². The topological polar surface area (TPSA) is 32.3 Å². The molecule has 25 heavy (non-hydrogen) atoms. The number of benzene rings is 2. The summed E-state index contributed by atoms with van der Waals surface area (Å²) in [6.45, 7) is 2.93. The highest BCUT2D eigenvalue weighted by molar-refractivity contribution is 6.04. The monoisotopic (exact) mass is 344 g/mol. The number of anilines is 1. The molecule has 1 fully saturated rings. The molecule has 2 aromatic carbocycles. The number of hydrogen-bond acceptors (Lipinski definition) is 2. The predicted octanol–water partition coefficient (Wildman–Crippen LogP) is 4.25. The summed E-state index contributed by atoms with van der Waals surface area (Å²) in [5.41, 5.74) is 1.46. The SMILES string of the molecule is O=C(Nc1ccc(F)cc1)c1ccc(F)c(CCN2CCCCC2)c1. The van der Waals surface area contributed by atoms with Gasteiger partial charge in [0.1, 0.15) is 11.6 Å². The maximum absolute atomic E-state index is 14.1. The Bertz CT molecular complexity index is 725. The van der Waals surface area contributed by atoms with Crippen molar-refractivity contribution in [2.45, 2.75) is 25.7 Å². The van der Waals surface area contributed by atoms with Gasteiger partial charge in [-0.15, -0.1) is 0 Å². The molecule has 1 aliphatic rings. The molecular formula is C20H22F2N2O. The molecule has 1 N–H and O–H groups in total. The van der Waals surface area contributed by atoms with Crippen LogP contribution < -0.4 is 5.32 Å². The molecule has 0 aliphatic carbocycles. The van der Waals surface area contributed by atoms with Crippen LogP contribution in [-0.2, 0) is 6.42 Å². The number of rotatable bonds is 5. The number of amides is 1. The molecule has 1 heterocycles. The van der Waals surface area contributed by atoms with E-state index in [0.29, 0.717) is 23.2 Å². The van der Waals surface area contributed by atoms with E-state index >= 15 is 0 Å². The Balaban J connectivity index is 1.65. The van der Waals surface area contributed by atoms with Gasteiger partial charge < -0.3 is 10.2 Å². The number of halogens is 2. The van der Waals surface area contributed by atoms with Crippen LogP contribution in [0.3, 0.4) is 0 Å². The second-order valence-corrected chi connectivity index (χ2v) is 6.42. The summed E-state index contributed by atoms with van der Waals surface area (Å²) in [4.78, 5) is 14.7. The van der Waals surface area contributed by atoms with Gasteiger partial charge in [-0.1, -0.05) is 6.42 Å². The third kappa shape index (κ3) is 4.86. The second kappa shape index (κ2) is 8.21. The molecule has 3 nitrogen and oxygen atoms in total. The number of carbonyl (C=O) groups excluding carboxylic acids is 1. The summed E-state index contributed by atoms with van der Waals surface area (Å²) in [6, 6.07) is 9.97. The van der Waals surface area contributed by atoms with Crippen molar-refractivity contribution < 1.29 is 13.6 Å². The number of nitrogens with zero attached hydrogens (tertiary/aromatic N) is 1. The molecule has 0 spiro atoms. The lowest BCUT2D eigenvalue weighted by Crippen LogP contribution is -2.31. The first-order chi connectivity index (χ1) is 12.1. The number of nitrogens with one attached hydrogen (secondary N) is 1. The zero-order chi connectivity index (χ0) is 17.6. The Morgan fingerprint density at radius 3 is 2.44 bits per heavy atom. The molecule has 0 bridgehead atoms. The van der Waals surface area contributed by atoms with Crippen LogP contribution in [-0.4, -0.2) is 30.4 Å². The molecule has 132 valence electrons. The highest BCUT2D eigenvalue weighted by Gasteiger charge is 2.13. The molecule has 0 saturated carbocycles. The smallest absolute Gasteiger partial charge is 0.255 e. The molecule has 0 atom stereocenters. The maximum Gasteiger partial charge on any atom is 0.255 e. The minimum Gasteiger partial charge on any atom is -0.322 e. The van der Waals surface area contributed by atoms with Crippen molar-refractivity contribution in [2.75, 3.05) is 25.0 Å². The van der Waals surface area contributed by atoms with Gasteiger partial charge in [-0.05, 0) is 80.4 Å². The highest BCUT2D eigenvalue weighted by Crippen LogP contribution is 2.16. The van der Waals surface area contributed by atoms with E-state index in [4.69, 9.17) is 0 Å². The van der Waals surface area contributed by atoms with Crippen LogP contribution >= 0.6 is 0 Å². The summed E-state index contributed by atoms with van der Waals surface area (Å²) in [7, 11) is 0. The molecule has 0 aromatic heterocycles. The zero-order valence-corrected chi connectivity index (χ0v) is 14.1. The van der Waals surface area contributed by atoms with Crippen LogP contribution in [0.1, 0.15) is 35.2 Å². The summed E-state index contributed by atoms with van der Waals surface area (Å²) in [5, 5.41) is 2.70. The minimum atomic E-state index is -0.361. The lowest BCUT2D eigenvalue weighted by atomic mass is 10.1. The largest absolute Gasteiger partial charge is 0.322 e. The van der Waals surface area contributed by atoms with Crippen molar-refractivity contribution in [3.8, 4) is 0 Å². The van der Waals surface area contributed by atoms with E-state index in [0.717, 1.165) is 19.6 Å². The summed E-state index contributed by atoms with van der Waals surface area (Å²) >= 11 is 0. The average Bonchev–Trinajstić information content (AvgIpc) is 2.64. The zero-order valence-electron chi connectivity index (χ0n) is 14.1. The third-order valence-corrected chi connectivity index (χ3v) is 4.56. The van der Waals surface area contributed by atoms with E-state index < -0.39 is 0 Å². The van der Waals surface area contributed by atoms with E-state index in [-0.39, 0.29) is 17.5 Å². The fourth-order valence-corrected chi connectivity index (χ4v) is 3.11. The van der Waals surface area contributed by atoms with Crippen molar-refractivity contribution >= 4 is 11.6 Å². The first kappa shape index (κ1) is 17.5. The van der Waals surface area contributed by atoms with Crippen molar-refractivity contribution in [1.82, 2.24) is 4.90 Å². The number of hydrogen-bond donors (Lipinski definition) is 1. The van der Waals surface area contributed by atoms with Crippen molar-refractivity contribution in [2.24, 2.45) is 0 Å². The van der Waals surface area contributed by atoms with E-state index in [1.54, 1.807) is 6.07 Å². The van der Waals surface area contributed by atoms with Gasteiger partial charge in [-0.2, -0.15) is 0 Å².